The Morgan fingerprint density at radius 3 is 3.14 bits per heavy atom. The molecule has 6 heteroatoms. The van der Waals surface area contributed by atoms with Crippen molar-refractivity contribution in [2.45, 2.75) is 12.5 Å². The normalized spacial score (nSPS) is 16.9. The quantitative estimate of drug-likeness (QED) is 0.929. The summed E-state index contributed by atoms with van der Waals surface area (Å²) < 4.78 is 12.3. The fourth-order valence-electron chi connectivity index (χ4n) is 2.72. The molecule has 1 aromatic heterocycles. The molecule has 1 N–H and O–H groups in total. The zero-order valence-electron chi connectivity index (χ0n) is 12.7. The first-order valence-electron chi connectivity index (χ1n) is 7.20. The van der Waals surface area contributed by atoms with Gasteiger partial charge < -0.3 is 14.8 Å². The van der Waals surface area contributed by atoms with Gasteiger partial charge in [0.25, 0.3) is 5.91 Å². The highest BCUT2D eigenvalue weighted by Gasteiger charge is 2.22. The Balaban J connectivity index is 1.69. The van der Waals surface area contributed by atoms with Crippen molar-refractivity contribution >= 4 is 5.91 Å². The number of carbonyl (C=O) groups is 1. The first-order chi connectivity index (χ1) is 10.7. The van der Waals surface area contributed by atoms with Gasteiger partial charge in [0.15, 0.2) is 0 Å². The number of hydrogen-bond donors (Lipinski definition) is 1. The number of aryl methyl sites for hydroxylation is 1. The van der Waals surface area contributed by atoms with Crippen molar-refractivity contribution in [1.29, 1.82) is 0 Å². The molecule has 2 heterocycles. The summed E-state index contributed by atoms with van der Waals surface area (Å²) in [6.07, 6.45) is 1.65. The van der Waals surface area contributed by atoms with Gasteiger partial charge in [0.1, 0.15) is 5.56 Å². The average Bonchev–Trinajstić information content (AvgIpc) is 2.93. The first kappa shape index (κ1) is 14.6. The number of benzene rings is 1. The number of amides is 1. The van der Waals surface area contributed by atoms with Gasteiger partial charge >= 0.3 is 0 Å². The molecule has 0 spiro atoms. The Morgan fingerprint density at radius 1 is 1.50 bits per heavy atom. The summed E-state index contributed by atoms with van der Waals surface area (Å²) in [5.74, 6) is 0.310. The van der Waals surface area contributed by atoms with E-state index >= 15 is 0 Å². The molecule has 1 aromatic carbocycles. The van der Waals surface area contributed by atoms with Crippen molar-refractivity contribution in [3.05, 3.63) is 47.2 Å². The van der Waals surface area contributed by atoms with Crippen LogP contribution in [0.4, 0.5) is 0 Å². The lowest BCUT2D eigenvalue weighted by Gasteiger charge is -2.25. The van der Waals surface area contributed by atoms with Crippen LogP contribution in [0.2, 0.25) is 0 Å². The van der Waals surface area contributed by atoms with Crippen molar-refractivity contribution in [1.82, 2.24) is 15.1 Å². The molecule has 0 saturated heterocycles. The van der Waals surface area contributed by atoms with Crippen LogP contribution in [0.25, 0.3) is 0 Å². The van der Waals surface area contributed by atoms with Crippen LogP contribution in [0.15, 0.2) is 30.5 Å². The van der Waals surface area contributed by atoms with Gasteiger partial charge in [0.2, 0.25) is 5.88 Å². The summed E-state index contributed by atoms with van der Waals surface area (Å²) in [5.41, 5.74) is 2.87. The second kappa shape index (κ2) is 6.19. The minimum atomic E-state index is -0.187. The number of nitrogens with zero attached hydrogens (tertiary/aromatic N) is 2. The van der Waals surface area contributed by atoms with E-state index in [0.29, 0.717) is 31.2 Å². The van der Waals surface area contributed by atoms with Crippen LogP contribution in [0, 0.1) is 0 Å². The largest absolute Gasteiger partial charge is 0.479 e. The van der Waals surface area contributed by atoms with Gasteiger partial charge in [-0.15, -0.1) is 5.10 Å². The Labute approximate surface area is 129 Å². The number of aromatic nitrogens is 2. The third-order valence-corrected chi connectivity index (χ3v) is 3.81. The van der Waals surface area contributed by atoms with Crippen LogP contribution in [0.3, 0.4) is 0 Å². The summed E-state index contributed by atoms with van der Waals surface area (Å²) in [6.45, 7) is 1.77. The van der Waals surface area contributed by atoms with Gasteiger partial charge in [0, 0.05) is 25.7 Å². The van der Waals surface area contributed by atoms with Crippen LogP contribution in [-0.4, -0.2) is 35.9 Å². The molecule has 0 saturated carbocycles. The maximum Gasteiger partial charge on any atom is 0.258 e. The molecular formula is C16H19N3O3. The number of ether oxygens (including phenoxy) is 2. The molecule has 0 aliphatic carbocycles. The maximum atomic E-state index is 12.3. The highest BCUT2D eigenvalue weighted by atomic mass is 16.5. The van der Waals surface area contributed by atoms with Crippen LogP contribution < -0.4 is 10.1 Å². The SMILES string of the molecule is COc1nn(C)cc1C(=O)NCC1COCc2ccccc21. The Kier molecular flexibility index (Phi) is 4.11. The Bertz CT molecular complexity index is 681. The van der Waals surface area contributed by atoms with Gasteiger partial charge in [-0.05, 0) is 11.1 Å². The number of nitrogens with one attached hydrogen (secondary N) is 1. The number of methoxy groups -OCH3 is 1. The van der Waals surface area contributed by atoms with Crippen molar-refractivity contribution < 1.29 is 14.3 Å². The zero-order chi connectivity index (χ0) is 15.5. The van der Waals surface area contributed by atoms with E-state index in [-0.39, 0.29) is 11.8 Å². The third kappa shape index (κ3) is 2.82. The van der Waals surface area contributed by atoms with E-state index in [1.165, 1.54) is 18.2 Å². The van der Waals surface area contributed by atoms with Crippen molar-refractivity contribution in [3.63, 3.8) is 0 Å². The van der Waals surface area contributed by atoms with Crippen molar-refractivity contribution in [2.75, 3.05) is 20.3 Å². The van der Waals surface area contributed by atoms with E-state index in [4.69, 9.17) is 9.47 Å². The smallest absolute Gasteiger partial charge is 0.258 e. The Hall–Kier alpha value is -2.34. The number of fused-ring (bicyclic) bond motifs is 1. The predicted molar refractivity (Wildman–Crippen MR) is 80.9 cm³/mol. The highest BCUT2D eigenvalue weighted by molar-refractivity contribution is 5.96. The molecule has 2 aromatic rings. The van der Waals surface area contributed by atoms with E-state index in [1.54, 1.807) is 17.9 Å². The fourth-order valence-corrected chi connectivity index (χ4v) is 2.72. The van der Waals surface area contributed by atoms with Gasteiger partial charge in [-0.3, -0.25) is 9.48 Å². The van der Waals surface area contributed by atoms with Crippen LogP contribution in [-0.2, 0) is 18.4 Å². The highest BCUT2D eigenvalue weighted by Crippen LogP contribution is 2.26. The predicted octanol–water partition coefficient (Wildman–Crippen LogP) is 1.47. The third-order valence-electron chi connectivity index (χ3n) is 3.81. The topological polar surface area (TPSA) is 65.4 Å². The zero-order valence-corrected chi connectivity index (χ0v) is 12.7. The molecule has 1 aliphatic rings. The van der Waals surface area contributed by atoms with Gasteiger partial charge in [-0.1, -0.05) is 24.3 Å². The van der Waals surface area contributed by atoms with Crippen LogP contribution in [0.1, 0.15) is 27.4 Å². The molecule has 1 aliphatic heterocycles. The monoisotopic (exact) mass is 301 g/mol. The summed E-state index contributed by atoms with van der Waals surface area (Å²) in [7, 11) is 3.26. The molecule has 0 radical (unpaired) electrons. The maximum absolute atomic E-state index is 12.3. The molecule has 3 rings (SSSR count). The minimum Gasteiger partial charge on any atom is -0.479 e. The molecule has 6 nitrogen and oxygen atoms in total. The lowest BCUT2D eigenvalue weighted by atomic mass is 9.93. The van der Waals surface area contributed by atoms with E-state index in [2.05, 4.69) is 22.5 Å². The second-order valence-corrected chi connectivity index (χ2v) is 5.35. The van der Waals surface area contributed by atoms with E-state index in [1.807, 2.05) is 12.1 Å². The molecule has 116 valence electrons. The molecule has 0 fully saturated rings. The molecule has 1 unspecified atom stereocenters. The van der Waals surface area contributed by atoms with E-state index in [9.17, 15) is 4.79 Å². The van der Waals surface area contributed by atoms with E-state index in [0.717, 1.165) is 0 Å². The van der Waals surface area contributed by atoms with E-state index < -0.39 is 0 Å². The van der Waals surface area contributed by atoms with Crippen molar-refractivity contribution in [3.8, 4) is 5.88 Å². The summed E-state index contributed by atoms with van der Waals surface area (Å²) >= 11 is 0. The van der Waals surface area contributed by atoms with Crippen LogP contribution >= 0.6 is 0 Å². The van der Waals surface area contributed by atoms with Crippen molar-refractivity contribution in [2.24, 2.45) is 7.05 Å². The summed E-state index contributed by atoms with van der Waals surface area (Å²) in [4.78, 5) is 12.3. The second-order valence-electron chi connectivity index (χ2n) is 5.35. The molecular weight excluding hydrogens is 282 g/mol. The molecule has 1 amide bonds. The Morgan fingerprint density at radius 2 is 2.32 bits per heavy atom. The standard InChI is InChI=1S/C16H19N3O3/c1-19-8-14(16(18-19)21-2)15(20)17-7-12-10-22-9-11-5-3-4-6-13(11)12/h3-6,8,12H,7,9-10H2,1-2H3,(H,17,20). The number of rotatable bonds is 4. The summed E-state index contributed by atoms with van der Waals surface area (Å²) in [6, 6.07) is 8.18. The fraction of sp³-hybridized carbons (Fsp3) is 0.375. The minimum absolute atomic E-state index is 0.163. The first-order valence-corrected chi connectivity index (χ1v) is 7.20. The van der Waals surface area contributed by atoms with Crippen LogP contribution in [0.5, 0.6) is 5.88 Å². The lowest BCUT2D eigenvalue weighted by molar-refractivity contribution is 0.0843. The number of carbonyl (C=O) groups excluding carboxylic acids is 1. The molecule has 0 bridgehead atoms. The van der Waals surface area contributed by atoms with Gasteiger partial charge in [0.05, 0.1) is 20.3 Å². The molecule has 22 heavy (non-hydrogen) atoms. The lowest BCUT2D eigenvalue weighted by Crippen LogP contribution is -2.32. The summed E-state index contributed by atoms with van der Waals surface area (Å²) in [5, 5.41) is 7.04. The van der Waals surface area contributed by atoms with Gasteiger partial charge in [-0.25, -0.2) is 0 Å². The number of hydrogen-bond acceptors (Lipinski definition) is 4. The molecule has 1 atom stereocenters. The van der Waals surface area contributed by atoms with Gasteiger partial charge in [-0.2, -0.15) is 0 Å². The average molecular weight is 301 g/mol.